The number of nitrogens with one attached hydrogen (secondary N) is 2. The summed E-state index contributed by atoms with van der Waals surface area (Å²) in [7, 11) is -2.50. The SMILES string of the molecule is C=C[C@@H]1C[C@@]1(C(=O)NS(=O)(=O)C1CC1)N(C(=O)[C@@H](Nc1ccc(C#N)cc1)C(C)(C)C)C(=O)N1C[C@H](Oc2ncc(OC)c3ccc(Cl)cc23)CC1C. The van der Waals surface area contributed by atoms with Gasteiger partial charge in [0.2, 0.25) is 15.9 Å². The van der Waals surface area contributed by atoms with E-state index in [1.54, 1.807) is 48.7 Å². The van der Waals surface area contributed by atoms with Crippen LogP contribution in [0.3, 0.4) is 0 Å². The van der Waals surface area contributed by atoms with Crippen LogP contribution in [0.1, 0.15) is 58.9 Å². The number of amides is 4. The maximum absolute atomic E-state index is 15.0. The molecule has 2 N–H and O–H groups in total. The quantitative estimate of drug-likeness (QED) is 0.233. The second-order valence-electron chi connectivity index (χ2n) is 15.0. The number of hydrogen-bond acceptors (Lipinski definition) is 10. The summed E-state index contributed by atoms with van der Waals surface area (Å²) in [6.07, 6.45) is 3.66. The number of fused-ring (bicyclic) bond motifs is 1. The number of imide groups is 1. The van der Waals surface area contributed by atoms with Crippen LogP contribution in [-0.2, 0) is 19.6 Å². The first-order chi connectivity index (χ1) is 25.0. The van der Waals surface area contributed by atoms with Crippen molar-refractivity contribution in [2.45, 2.75) is 82.4 Å². The van der Waals surface area contributed by atoms with E-state index in [0.717, 1.165) is 10.3 Å². The molecule has 280 valence electrons. The Morgan fingerprint density at radius 2 is 1.87 bits per heavy atom. The molecule has 5 atom stereocenters. The minimum absolute atomic E-state index is 0.00159. The fourth-order valence-electron chi connectivity index (χ4n) is 6.94. The van der Waals surface area contributed by atoms with Gasteiger partial charge in [-0.3, -0.25) is 14.3 Å². The second-order valence-corrected chi connectivity index (χ2v) is 17.4. The smallest absolute Gasteiger partial charge is 0.328 e. The number of ether oxygens (including phenoxy) is 2. The van der Waals surface area contributed by atoms with Gasteiger partial charge in [-0.15, -0.1) is 6.58 Å². The molecule has 15 heteroatoms. The summed E-state index contributed by atoms with van der Waals surface area (Å²) in [5, 5.41) is 13.6. The summed E-state index contributed by atoms with van der Waals surface area (Å²) in [5.74, 6) is -1.55. The minimum atomic E-state index is -4.03. The third kappa shape index (κ3) is 7.37. The number of aromatic nitrogens is 1. The average molecular weight is 763 g/mol. The van der Waals surface area contributed by atoms with Crippen LogP contribution in [0.2, 0.25) is 5.02 Å². The van der Waals surface area contributed by atoms with Crippen LogP contribution in [0.4, 0.5) is 10.5 Å². The number of rotatable bonds is 11. The van der Waals surface area contributed by atoms with Gasteiger partial charge in [0, 0.05) is 39.9 Å². The van der Waals surface area contributed by atoms with E-state index in [2.05, 4.69) is 27.7 Å². The van der Waals surface area contributed by atoms with Crippen molar-refractivity contribution < 1.29 is 32.3 Å². The van der Waals surface area contributed by atoms with Crippen LogP contribution in [0.25, 0.3) is 10.8 Å². The molecule has 3 aromatic rings. The molecule has 2 heterocycles. The number of nitrogens with zero attached hydrogens (tertiary/aromatic N) is 4. The Bertz CT molecular complexity index is 2110. The Kier molecular flexibility index (Phi) is 10.1. The zero-order valence-corrected chi connectivity index (χ0v) is 31.8. The molecular formula is C38H43ClN6O7S. The van der Waals surface area contributed by atoms with E-state index in [0.29, 0.717) is 46.7 Å². The molecule has 3 aliphatic rings. The number of carbonyl (C=O) groups excluding carboxylic acids is 3. The molecule has 0 bridgehead atoms. The van der Waals surface area contributed by atoms with E-state index in [1.807, 2.05) is 27.7 Å². The summed E-state index contributed by atoms with van der Waals surface area (Å²) in [6.45, 7) is 11.2. The van der Waals surface area contributed by atoms with Crippen LogP contribution in [0.5, 0.6) is 11.6 Å². The fourth-order valence-corrected chi connectivity index (χ4v) is 8.47. The molecule has 1 aliphatic heterocycles. The molecule has 13 nitrogen and oxygen atoms in total. The van der Waals surface area contributed by atoms with Gasteiger partial charge in [0.1, 0.15) is 23.4 Å². The lowest BCUT2D eigenvalue weighted by Crippen LogP contribution is -2.64. The normalized spacial score (nSPS) is 23.0. The number of benzene rings is 2. The number of urea groups is 1. The third-order valence-corrected chi connectivity index (χ3v) is 12.2. The molecule has 0 spiro atoms. The zero-order valence-electron chi connectivity index (χ0n) is 30.3. The van der Waals surface area contributed by atoms with Crippen LogP contribution >= 0.6 is 11.6 Å². The monoisotopic (exact) mass is 762 g/mol. The summed E-state index contributed by atoms with van der Waals surface area (Å²) >= 11 is 6.33. The lowest BCUT2D eigenvalue weighted by Gasteiger charge is -2.40. The van der Waals surface area contributed by atoms with Crippen molar-refractivity contribution in [3.8, 4) is 17.7 Å². The van der Waals surface area contributed by atoms with Gasteiger partial charge >= 0.3 is 6.03 Å². The Morgan fingerprint density at radius 1 is 1.17 bits per heavy atom. The summed E-state index contributed by atoms with van der Waals surface area (Å²) in [4.78, 5) is 51.1. The van der Waals surface area contributed by atoms with E-state index in [9.17, 15) is 23.3 Å². The average Bonchev–Trinajstić information content (AvgIpc) is 4.04. The van der Waals surface area contributed by atoms with Crippen molar-refractivity contribution in [1.29, 1.82) is 5.26 Å². The first-order valence-electron chi connectivity index (χ1n) is 17.4. The molecule has 3 fully saturated rings. The first kappa shape index (κ1) is 37.9. The number of sulfonamides is 1. The lowest BCUT2D eigenvalue weighted by molar-refractivity contribution is -0.141. The Morgan fingerprint density at radius 3 is 2.45 bits per heavy atom. The van der Waals surface area contributed by atoms with Crippen LogP contribution in [0.15, 0.2) is 61.3 Å². The van der Waals surface area contributed by atoms with Crippen LogP contribution in [0, 0.1) is 22.7 Å². The molecule has 1 saturated heterocycles. The van der Waals surface area contributed by atoms with E-state index in [4.69, 9.17) is 21.1 Å². The number of pyridine rings is 1. The topological polar surface area (TPSA) is 171 Å². The van der Waals surface area contributed by atoms with Gasteiger partial charge in [-0.1, -0.05) is 38.4 Å². The molecule has 0 radical (unpaired) electrons. The summed E-state index contributed by atoms with van der Waals surface area (Å²) in [6, 6.07) is 11.5. The van der Waals surface area contributed by atoms with Crippen molar-refractivity contribution in [3.63, 3.8) is 0 Å². The van der Waals surface area contributed by atoms with Crippen molar-refractivity contribution in [2.24, 2.45) is 11.3 Å². The maximum atomic E-state index is 15.0. The van der Waals surface area contributed by atoms with Crippen molar-refractivity contribution >= 4 is 55.9 Å². The van der Waals surface area contributed by atoms with Gasteiger partial charge in [-0.25, -0.2) is 23.1 Å². The predicted octanol–water partition coefficient (Wildman–Crippen LogP) is 5.64. The highest BCUT2D eigenvalue weighted by molar-refractivity contribution is 7.91. The minimum Gasteiger partial charge on any atom is -0.494 e. The molecule has 2 aromatic carbocycles. The van der Waals surface area contributed by atoms with Crippen LogP contribution < -0.4 is 19.5 Å². The van der Waals surface area contributed by atoms with Crippen molar-refractivity contribution in [2.75, 3.05) is 19.0 Å². The van der Waals surface area contributed by atoms with Gasteiger partial charge in [0.15, 0.2) is 0 Å². The molecule has 4 amide bonds. The first-order valence-corrected chi connectivity index (χ1v) is 19.4. The standard InChI is InChI=1S/C38H43ClN6O7S/c1-7-24-18-38(24,35(47)43-53(49,50)28-13-14-28)45(34(46)32(37(3,4)5)42-26-11-8-23(19-40)9-12-26)36(48)44-21-27(16-22(44)2)52-33-30-17-25(39)10-15-29(30)31(51-6)20-41-33/h7-12,15,17,20,22,24,27-28,32,42H,1,13-14,16,18,21H2,2-6H3,(H,43,47)/t22?,24-,27-,32-,38-/m1/s1. The lowest BCUT2D eigenvalue weighted by atomic mass is 9.85. The largest absolute Gasteiger partial charge is 0.494 e. The van der Waals surface area contributed by atoms with Gasteiger partial charge in [0.25, 0.3) is 11.8 Å². The molecule has 2 aliphatic carbocycles. The number of nitriles is 1. The highest BCUT2D eigenvalue weighted by Gasteiger charge is 2.68. The number of likely N-dealkylation sites (tertiary alicyclic amines) is 1. The molecule has 2 saturated carbocycles. The van der Waals surface area contributed by atoms with Gasteiger partial charge in [-0.2, -0.15) is 5.26 Å². The number of anilines is 1. The summed E-state index contributed by atoms with van der Waals surface area (Å²) in [5.41, 5.74) is -1.73. The fraction of sp³-hybridized carbons (Fsp3) is 0.447. The second kappa shape index (κ2) is 14.2. The molecule has 1 aromatic heterocycles. The number of hydrogen-bond donors (Lipinski definition) is 2. The van der Waals surface area contributed by atoms with Crippen molar-refractivity contribution in [1.82, 2.24) is 19.5 Å². The Labute approximate surface area is 314 Å². The molecule has 6 rings (SSSR count). The molecule has 53 heavy (non-hydrogen) atoms. The van der Waals surface area contributed by atoms with E-state index >= 15 is 4.79 Å². The zero-order chi connectivity index (χ0) is 38.5. The van der Waals surface area contributed by atoms with Crippen molar-refractivity contribution in [3.05, 3.63) is 71.9 Å². The highest BCUT2D eigenvalue weighted by atomic mass is 35.5. The summed E-state index contributed by atoms with van der Waals surface area (Å²) < 4.78 is 40.2. The van der Waals surface area contributed by atoms with Gasteiger partial charge < -0.3 is 19.7 Å². The van der Waals surface area contributed by atoms with E-state index in [-0.39, 0.29) is 18.8 Å². The maximum Gasteiger partial charge on any atom is 0.328 e. The molecule has 1 unspecified atom stereocenters. The highest BCUT2D eigenvalue weighted by Crippen LogP contribution is 2.52. The number of carbonyl (C=O) groups is 3. The number of methoxy groups -OCH3 is 1. The van der Waals surface area contributed by atoms with E-state index < -0.39 is 68.2 Å². The number of halogens is 1. The van der Waals surface area contributed by atoms with Crippen LogP contribution in [-0.4, -0.2) is 83.7 Å². The Balaban J connectivity index is 1.36. The van der Waals surface area contributed by atoms with Gasteiger partial charge in [-0.05, 0) is 74.1 Å². The molecular weight excluding hydrogens is 720 g/mol. The van der Waals surface area contributed by atoms with E-state index in [1.165, 1.54) is 18.1 Å². The third-order valence-electron chi connectivity index (χ3n) is 10.2. The van der Waals surface area contributed by atoms with Gasteiger partial charge in [0.05, 0.1) is 36.7 Å². The predicted molar refractivity (Wildman–Crippen MR) is 200 cm³/mol. The Hall–Kier alpha value is -4.87.